The summed E-state index contributed by atoms with van der Waals surface area (Å²) in [5, 5.41) is 13.3. The molecule has 4 nitrogen and oxygen atoms in total. The van der Waals surface area contributed by atoms with E-state index in [4.69, 9.17) is 0 Å². The van der Waals surface area contributed by atoms with E-state index in [9.17, 15) is 9.50 Å². The number of nitrogens with zero attached hydrogens (tertiary/aromatic N) is 2. The highest BCUT2D eigenvalue weighted by Gasteiger charge is 2.22. The molecule has 0 amide bonds. The summed E-state index contributed by atoms with van der Waals surface area (Å²) in [6.45, 7) is 4.32. The summed E-state index contributed by atoms with van der Waals surface area (Å²) in [4.78, 5) is 4.63. The van der Waals surface area contributed by atoms with Crippen LogP contribution in [-0.4, -0.2) is 67.8 Å². The first-order valence-electron chi connectivity index (χ1n) is 7.10. The van der Waals surface area contributed by atoms with Gasteiger partial charge >= 0.3 is 0 Å². The third kappa shape index (κ3) is 3.99. The molecule has 2 unspecified atom stereocenters. The topological polar surface area (TPSA) is 38.7 Å². The standard InChI is InChI=1S/C15H24FN3O/c1-18-7-8-19(2)12(11-18)9-17-10-15(20)13-5-3-4-6-14(13)16/h3-6,12,15,17,20H,7-11H2,1-2H3. The zero-order valence-electron chi connectivity index (χ0n) is 12.2. The maximum atomic E-state index is 13.5. The van der Waals surface area contributed by atoms with Crippen molar-refractivity contribution in [3.63, 3.8) is 0 Å². The number of aliphatic hydroxyl groups excluding tert-OH is 1. The minimum atomic E-state index is -0.803. The highest BCUT2D eigenvalue weighted by molar-refractivity contribution is 5.19. The minimum Gasteiger partial charge on any atom is -0.387 e. The van der Waals surface area contributed by atoms with Gasteiger partial charge in [-0.15, -0.1) is 0 Å². The fraction of sp³-hybridized carbons (Fsp3) is 0.600. The summed E-state index contributed by atoms with van der Waals surface area (Å²) in [6, 6.07) is 6.81. The molecule has 1 aromatic rings. The third-order valence-corrected chi connectivity index (χ3v) is 3.96. The molecular weight excluding hydrogens is 257 g/mol. The van der Waals surface area contributed by atoms with E-state index in [0.717, 1.165) is 26.2 Å². The van der Waals surface area contributed by atoms with Crippen molar-refractivity contribution >= 4 is 0 Å². The Morgan fingerprint density at radius 3 is 2.85 bits per heavy atom. The molecule has 0 aromatic heterocycles. The first kappa shape index (κ1) is 15.4. The van der Waals surface area contributed by atoms with Gasteiger partial charge in [-0.2, -0.15) is 0 Å². The second-order valence-electron chi connectivity index (χ2n) is 5.59. The van der Waals surface area contributed by atoms with Crippen molar-refractivity contribution in [3.8, 4) is 0 Å². The van der Waals surface area contributed by atoms with Crippen molar-refractivity contribution in [2.75, 3.05) is 46.8 Å². The zero-order chi connectivity index (χ0) is 14.5. The van der Waals surface area contributed by atoms with E-state index in [1.807, 2.05) is 0 Å². The number of likely N-dealkylation sites (N-methyl/N-ethyl adjacent to an activating group) is 2. The first-order valence-corrected chi connectivity index (χ1v) is 7.10. The molecule has 1 aliphatic heterocycles. The Morgan fingerprint density at radius 1 is 1.35 bits per heavy atom. The van der Waals surface area contributed by atoms with Gasteiger partial charge in [0.1, 0.15) is 5.82 Å². The molecular formula is C15H24FN3O. The molecule has 0 bridgehead atoms. The Kier molecular flexibility index (Phi) is 5.48. The molecule has 1 aromatic carbocycles. The van der Waals surface area contributed by atoms with Crippen LogP contribution in [0.15, 0.2) is 24.3 Å². The van der Waals surface area contributed by atoms with Crippen LogP contribution < -0.4 is 5.32 Å². The number of benzene rings is 1. The number of aliphatic hydroxyl groups is 1. The van der Waals surface area contributed by atoms with E-state index in [2.05, 4.69) is 29.2 Å². The molecule has 2 rings (SSSR count). The normalized spacial score (nSPS) is 22.9. The Bertz CT molecular complexity index is 429. The molecule has 112 valence electrons. The highest BCUT2D eigenvalue weighted by atomic mass is 19.1. The van der Waals surface area contributed by atoms with Gasteiger partial charge in [0.15, 0.2) is 0 Å². The molecule has 0 radical (unpaired) electrons. The largest absolute Gasteiger partial charge is 0.387 e. The summed E-state index contributed by atoms with van der Waals surface area (Å²) >= 11 is 0. The number of rotatable bonds is 5. The van der Waals surface area contributed by atoms with Crippen molar-refractivity contribution in [2.24, 2.45) is 0 Å². The van der Waals surface area contributed by atoms with Gasteiger partial charge in [0, 0.05) is 44.3 Å². The molecule has 2 N–H and O–H groups in total. The fourth-order valence-electron chi connectivity index (χ4n) is 2.56. The van der Waals surface area contributed by atoms with Crippen molar-refractivity contribution in [3.05, 3.63) is 35.6 Å². The van der Waals surface area contributed by atoms with Crippen LogP contribution in [0.4, 0.5) is 4.39 Å². The SMILES string of the molecule is CN1CCN(C)C(CNCC(O)c2ccccc2F)C1. The minimum absolute atomic E-state index is 0.351. The molecule has 1 heterocycles. The average molecular weight is 281 g/mol. The van der Waals surface area contributed by atoms with Crippen molar-refractivity contribution in [1.29, 1.82) is 0 Å². The van der Waals surface area contributed by atoms with E-state index in [1.54, 1.807) is 18.2 Å². The highest BCUT2D eigenvalue weighted by Crippen LogP contribution is 2.15. The molecule has 0 saturated carbocycles. The molecule has 0 aliphatic carbocycles. The number of piperazine rings is 1. The molecule has 0 spiro atoms. The smallest absolute Gasteiger partial charge is 0.129 e. The summed E-state index contributed by atoms with van der Waals surface area (Å²) in [6.07, 6.45) is -0.803. The molecule has 1 aliphatic rings. The molecule has 5 heteroatoms. The number of hydrogen-bond acceptors (Lipinski definition) is 4. The number of hydrogen-bond donors (Lipinski definition) is 2. The van der Waals surface area contributed by atoms with Gasteiger partial charge in [0.25, 0.3) is 0 Å². The second-order valence-corrected chi connectivity index (χ2v) is 5.59. The van der Waals surface area contributed by atoms with Gasteiger partial charge in [-0.05, 0) is 20.2 Å². The summed E-state index contributed by atoms with van der Waals surface area (Å²) < 4.78 is 13.5. The number of nitrogens with one attached hydrogen (secondary N) is 1. The van der Waals surface area contributed by atoms with Crippen molar-refractivity contribution < 1.29 is 9.50 Å². The monoisotopic (exact) mass is 281 g/mol. The van der Waals surface area contributed by atoms with Gasteiger partial charge in [0.2, 0.25) is 0 Å². The summed E-state index contributed by atoms with van der Waals surface area (Å²) in [5.74, 6) is -0.351. The van der Waals surface area contributed by atoms with Crippen LogP contribution in [0.25, 0.3) is 0 Å². The quantitative estimate of drug-likeness (QED) is 0.833. The molecule has 2 atom stereocenters. The Labute approximate surface area is 120 Å². The van der Waals surface area contributed by atoms with Crippen LogP contribution in [0.3, 0.4) is 0 Å². The maximum Gasteiger partial charge on any atom is 0.129 e. The van der Waals surface area contributed by atoms with Crippen LogP contribution in [0.2, 0.25) is 0 Å². The predicted molar refractivity (Wildman–Crippen MR) is 78.1 cm³/mol. The van der Waals surface area contributed by atoms with E-state index < -0.39 is 6.10 Å². The summed E-state index contributed by atoms with van der Waals surface area (Å²) in [5.41, 5.74) is 0.356. The van der Waals surface area contributed by atoms with E-state index in [1.165, 1.54) is 6.07 Å². The van der Waals surface area contributed by atoms with E-state index in [-0.39, 0.29) is 5.82 Å². The lowest BCUT2D eigenvalue weighted by Gasteiger charge is -2.38. The van der Waals surface area contributed by atoms with Gasteiger partial charge in [-0.25, -0.2) is 4.39 Å². The Morgan fingerprint density at radius 2 is 2.10 bits per heavy atom. The molecule has 1 saturated heterocycles. The third-order valence-electron chi connectivity index (χ3n) is 3.96. The first-order chi connectivity index (χ1) is 9.58. The van der Waals surface area contributed by atoms with Gasteiger partial charge in [-0.3, -0.25) is 4.90 Å². The summed E-state index contributed by atoms with van der Waals surface area (Å²) in [7, 11) is 4.24. The lowest BCUT2D eigenvalue weighted by atomic mass is 10.1. The average Bonchev–Trinajstić information content (AvgIpc) is 2.43. The zero-order valence-corrected chi connectivity index (χ0v) is 12.2. The van der Waals surface area contributed by atoms with Gasteiger partial charge in [0.05, 0.1) is 6.10 Å². The van der Waals surface area contributed by atoms with Crippen LogP contribution in [0.5, 0.6) is 0 Å². The Balaban J connectivity index is 1.79. The lowest BCUT2D eigenvalue weighted by Crippen LogP contribution is -2.54. The van der Waals surface area contributed by atoms with Crippen LogP contribution in [-0.2, 0) is 0 Å². The maximum absolute atomic E-state index is 13.5. The van der Waals surface area contributed by atoms with E-state index in [0.29, 0.717) is 18.2 Å². The Hall–Kier alpha value is -1.01. The molecule has 20 heavy (non-hydrogen) atoms. The number of halogens is 1. The fourth-order valence-corrected chi connectivity index (χ4v) is 2.56. The molecule has 1 fully saturated rings. The predicted octanol–water partition coefficient (Wildman–Crippen LogP) is 0.695. The van der Waals surface area contributed by atoms with Crippen molar-refractivity contribution in [2.45, 2.75) is 12.1 Å². The van der Waals surface area contributed by atoms with Gasteiger partial charge in [-0.1, -0.05) is 18.2 Å². The van der Waals surface area contributed by atoms with Crippen LogP contribution in [0, 0.1) is 5.82 Å². The van der Waals surface area contributed by atoms with Crippen LogP contribution in [0.1, 0.15) is 11.7 Å². The second kappa shape index (κ2) is 7.13. The van der Waals surface area contributed by atoms with Gasteiger partial charge < -0.3 is 15.3 Å². The lowest BCUT2D eigenvalue weighted by molar-refractivity contribution is 0.107. The van der Waals surface area contributed by atoms with Crippen molar-refractivity contribution in [1.82, 2.24) is 15.1 Å². The van der Waals surface area contributed by atoms with E-state index >= 15 is 0 Å². The van der Waals surface area contributed by atoms with Crippen LogP contribution >= 0.6 is 0 Å².